The van der Waals surface area contributed by atoms with Crippen LogP contribution in [0.15, 0.2) is 24.3 Å². The second-order valence-corrected chi connectivity index (χ2v) is 8.95. The maximum Gasteiger partial charge on any atom is 0.306 e. The zero-order valence-corrected chi connectivity index (χ0v) is 16.2. The molecule has 0 spiro atoms. The van der Waals surface area contributed by atoms with E-state index < -0.39 is 10.1 Å². The predicted octanol–water partition coefficient (Wildman–Crippen LogP) is 3.59. The molecule has 0 heterocycles. The van der Waals surface area contributed by atoms with Crippen LogP contribution in [0.4, 0.5) is 0 Å². The van der Waals surface area contributed by atoms with Crippen molar-refractivity contribution in [1.82, 2.24) is 4.90 Å². The van der Waals surface area contributed by atoms with Crippen LogP contribution in [0.3, 0.4) is 0 Å². The minimum atomic E-state index is -3.52. The zero-order chi connectivity index (χ0) is 18.4. The summed E-state index contributed by atoms with van der Waals surface area (Å²) in [4.78, 5) is 14.9. The van der Waals surface area contributed by atoms with Crippen molar-refractivity contribution in [1.29, 1.82) is 0 Å². The molecule has 140 valence electrons. The number of benzene rings is 1. The molecule has 0 atom stereocenters. The Morgan fingerprint density at radius 2 is 1.76 bits per heavy atom. The lowest BCUT2D eigenvalue weighted by Gasteiger charge is -2.30. The molecule has 0 radical (unpaired) electrons. The molecule has 0 unspecified atom stereocenters. The summed E-state index contributed by atoms with van der Waals surface area (Å²) in [5, 5.41) is 0. The van der Waals surface area contributed by atoms with Crippen LogP contribution in [0.25, 0.3) is 0 Å². The van der Waals surface area contributed by atoms with Crippen LogP contribution < -0.4 is 4.18 Å². The molecule has 0 aromatic heterocycles. The van der Waals surface area contributed by atoms with Crippen LogP contribution in [-0.4, -0.2) is 32.0 Å². The first-order chi connectivity index (χ1) is 11.7. The third-order valence-electron chi connectivity index (χ3n) is 4.40. The summed E-state index contributed by atoms with van der Waals surface area (Å²) in [6.45, 7) is 5.51. The van der Waals surface area contributed by atoms with E-state index >= 15 is 0 Å². The summed E-state index contributed by atoms with van der Waals surface area (Å²) in [6.07, 6.45) is 6.53. The van der Waals surface area contributed by atoms with Crippen LogP contribution in [0.2, 0.25) is 0 Å². The Hall–Kier alpha value is -1.56. The van der Waals surface area contributed by atoms with Crippen LogP contribution in [0.1, 0.15) is 51.5 Å². The fourth-order valence-electron chi connectivity index (χ4n) is 3.33. The van der Waals surface area contributed by atoms with E-state index in [2.05, 4.69) is 13.8 Å². The monoisotopic (exact) mass is 367 g/mol. The van der Waals surface area contributed by atoms with Gasteiger partial charge in [-0.2, -0.15) is 8.42 Å². The smallest absolute Gasteiger partial charge is 0.306 e. The van der Waals surface area contributed by atoms with Gasteiger partial charge in [-0.1, -0.05) is 45.2 Å². The molecule has 1 fully saturated rings. The molecule has 0 N–H and O–H groups in total. The first-order valence-electron chi connectivity index (χ1n) is 9.02. The highest BCUT2D eigenvalue weighted by Crippen LogP contribution is 2.26. The van der Waals surface area contributed by atoms with Gasteiger partial charge in [0, 0.05) is 19.0 Å². The van der Waals surface area contributed by atoms with Crippen molar-refractivity contribution in [3.8, 4) is 5.75 Å². The molecule has 0 bridgehead atoms. The number of amides is 1. The Labute approximate surface area is 151 Å². The molecule has 6 heteroatoms. The Morgan fingerprint density at radius 1 is 1.16 bits per heavy atom. The maximum absolute atomic E-state index is 12.9. The molecule has 0 aliphatic heterocycles. The second kappa shape index (κ2) is 8.70. The molecule has 1 aromatic carbocycles. The first-order valence-corrected chi connectivity index (χ1v) is 10.8. The fourth-order valence-corrected chi connectivity index (χ4v) is 3.79. The van der Waals surface area contributed by atoms with Crippen LogP contribution in [0.5, 0.6) is 5.75 Å². The summed E-state index contributed by atoms with van der Waals surface area (Å²) in [5.74, 6) is 1.10. The molecular weight excluding hydrogens is 338 g/mol. The molecule has 25 heavy (non-hydrogen) atoms. The van der Waals surface area contributed by atoms with Gasteiger partial charge in [0.2, 0.25) is 5.91 Å². The van der Waals surface area contributed by atoms with Crippen molar-refractivity contribution in [3.63, 3.8) is 0 Å². The van der Waals surface area contributed by atoms with Gasteiger partial charge in [-0.05, 0) is 36.5 Å². The standard InChI is InChI=1S/C19H29NO4S/c1-15(2)13-20(19(21)17-7-5-4-6-8-17)14-16-9-11-18(12-10-16)24-25(3,22)23/h9-12,15,17H,4-8,13-14H2,1-3H3. The van der Waals surface area contributed by atoms with Crippen molar-refractivity contribution in [2.75, 3.05) is 12.8 Å². The maximum atomic E-state index is 12.9. The van der Waals surface area contributed by atoms with E-state index in [1.165, 1.54) is 6.42 Å². The highest BCUT2D eigenvalue weighted by atomic mass is 32.2. The average Bonchev–Trinajstić information content (AvgIpc) is 2.54. The lowest BCUT2D eigenvalue weighted by atomic mass is 9.88. The lowest BCUT2D eigenvalue weighted by Crippen LogP contribution is -2.38. The fraction of sp³-hybridized carbons (Fsp3) is 0.632. The van der Waals surface area contributed by atoms with E-state index in [0.717, 1.165) is 44.0 Å². The van der Waals surface area contributed by atoms with E-state index in [0.29, 0.717) is 18.2 Å². The molecule has 1 saturated carbocycles. The Kier molecular flexibility index (Phi) is 6.87. The molecule has 1 aliphatic rings. The average molecular weight is 368 g/mol. The first kappa shape index (κ1) is 19.8. The number of rotatable bonds is 7. The Balaban J connectivity index is 2.06. The highest BCUT2D eigenvalue weighted by molar-refractivity contribution is 7.86. The summed E-state index contributed by atoms with van der Waals surface area (Å²) in [5.41, 5.74) is 0.977. The third-order valence-corrected chi connectivity index (χ3v) is 4.89. The van der Waals surface area contributed by atoms with Gasteiger partial charge in [0.05, 0.1) is 6.26 Å². The summed E-state index contributed by atoms with van der Waals surface area (Å²) >= 11 is 0. The summed E-state index contributed by atoms with van der Waals surface area (Å²) < 4.78 is 27.2. The van der Waals surface area contributed by atoms with Crippen molar-refractivity contribution >= 4 is 16.0 Å². The topological polar surface area (TPSA) is 63.7 Å². The van der Waals surface area contributed by atoms with E-state index in [1.54, 1.807) is 12.1 Å². The van der Waals surface area contributed by atoms with Gasteiger partial charge in [-0.3, -0.25) is 4.79 Å². The number of hydrogen-bond donors (Lipinski definition) is 0. The molecule has 1 aromatic rings. The van der Waals surface area contributed by atoms with Crippen LogP contribution in [0, 0.1) is 11.8 Å². The third kappa shape index (κ3) is 6.69. The van der Waals surface area contributed by atoms with Gasteiger partial charge in [0.15, 0.2) is 0 Å². The number of nitrogens with zero attached hydrogens (tertiary/aromatic N) is 1. The number of hydrogen-bond acceptors (Lipinski definition) is 4. The number of carbonyl (C=O) groups is 1. The minimum Gasteiger partial charge on any atom is -0.383 e. The van der Waals surface area contributed by atoms with Crippen molar-refractivity contribution < 1.29 is 17.4 Å². The molecular formula is C19H29NO4S. The summed E-state index contributed by atoms with van der Waals surface area (Å²) in [6, 6.07) is 6.91. The SMILES string of the molecule is CC(C)CN(Cc1ccc(OS(C)(=O)=O)cc1)C(=O)C1CCCCC1. The highest BCUT2D eigenvalue weighted by Gasteiger charge is 2.26. The van der Waals surface area contributed by atoms with E-state index in [1.807, 2.05) is 17.0 Å². The van der Waals surface area contributed by atoms with E-state index in [-0.39, 0.29) is 11.8 Å². The van der Waals surface area contributed by atoms with Crippen LogP contribution in [-0.2, 0) is 21.5 Å². The molecule has 1 aliphatic carbocycles. The zero-order valence-electron chi connectivity index (χ0n) is 15.4. The Bertz CT molecular complexity index is 661. The minimum absolute atomic E-state index is 0.153. The second-order valence-electron chi connectivity index (χ2n) is 7.38. The van der Waals surface area contributed by atoms with Gasteiger partial charge in [-0.25, -0.2) is 0 Å². The van der Waals surface area contributed by atoms with Gasteiger partial charge >= 0.3 is 10.1 Å². The largest absolute Gasteiger partial charge is 0.383 e. The molecule has 5 nitrogen and oxygen atoms in total. The number of carbonyl (C=O) groups excluding carboxylic acids is 1. The Morgan fingerprint density at radius 3 is 2.28 bits per heavy atom. The van der Waals surface area contributed by atoms with E-state index in [9.17, 15) is 13.2 Å². The molecule has 0 saturated heterocycles. The van der Waals surface area contributed by atoms with Gasteiger partial charge in [-0.15, -0.1) is 0 Å². The van der Waals surface area contributed by atoms with Crippen LogP contribution >= 0.6 is 0 Å². The predicted molar refractivity (Wildman–Crippen MR) is 98.7 cm³/mol. The summed E-state index contributed by atoms with van der Waals surface area (Å²) in [7, 11) is -3.52. The normalized spacial score (nSPS) is 16.0. The van der Waals surface area contributed by atoms with Gasteiger partial charge < -0.3 is 9.08 Å². The quantitative estimate of drug-likeness (QED) is 0.691. The molecule has 1 amide bonds. The lowest BCUT2D eigenvalue weighted by molar-refractivity contribution is -0.137. The van der Waals surface area contributed by atoms with Gasteiger partial charge in [0.1, 0.15) is 5.75 Å². The van der Waals surface area contributed by atoms with Crippen molar-refractivity contribution in [2.24, 2.45) is 11.8 Å². The molecule has 2 rings (SSSR count). The van der Waals surface area contributed by atoms with Gasteiger partial charge in [0.25, 0.3) is 0 Å². The van der Waals surface area contributed by atoms with E-state index in [4.69, 9.17) is 4.18 Å². The van der Waals surface area contributed by atoms with Crippen molar-refractivity contribution in [2.45, 2.75) is 52.5 Å². The van der Waals surface area contributed by atoms with Crippen molar-refractivity contribution in [3.05, 3.63) is 29.8 Å².